The molecule has 32 heavy (non-hydrogen) atoms. The highest BCUT2D eigenvalue weighted by atomic mass is 32.2. The van der Waals surface area contributed by atoms with Gasteiger partial charge < -0.3 is 9.64 Å². The summed E-state index contributed by atoms with van der Waals surface area (Å²) in [6.07, 6.45) is 1.60. The molecule has 4 rings (SSSR count). The molecule has 0 amide bonds. The zero-order chi connectivity index (χ0) is 22.9. The fourth-order valence-corrected chi connectivity index (χ4v) is 5.35. The zero-order valence-electron chi connectivity index (χ0n) is 18.0. The van der Waals surface area contributed by atoms with E-state index in [0.717, 1.165) is 37.1 Å². The number of rotatable bonds is 5. The van der Waals surface area contributed by atoms with Gasteiger partial charge in [-0.05, 0) is 91.7 Å². The van der Waals surface area contributed by atoms with E-state index in [2.05, 4.69) is 11.9 Å². The summed E-state index contributed by atoms with van der Waals surface area (Å²) < 4.78 is 45.4. The van der Waals surface area contributed by atoms with Crippen molar-refractivity contribution in [1.29, 1.82) is 0 Å². The largest absolute Gasteiger partial charge is 0.495 e. The van der Waals surface area contributed by atoms with E-state index in [1.165, 1.54) is 55.6 Å². The van der Waals surface area contributed by atoms with E-state index in [1.54, 1.807) is 6.07 Å². The zero-order valence-corrected chi connectivity index (χ0v) is 18.8. The number of sulfone groups is 1. The maximum Gasteiger partial charge on any atom is 0.210 e. The number of ketones is 1. The smallest absolute Gasteiger partial charge is 0.210 e. The number of hydrogen-bond donors (Lipinski definition) is 0. The molecule has 3 aromatic carbocycles. The first-order chi connectivity index (χ1) is 15.3. The first-order valence-corrected chi connectivity index (χ1v) is 11.8. The van der Waals surface area contributed by atoms with Crippen molar-refractivity contribution in [2.75, 3.05) is 27.2 Å². The third-order valence-electron chi connectivity index (χ3n) is 5.83. The van der Waals surface area contributed by atoms with Crippen molar-refractivity contribution in [2.24, 2.45) is 0 Å². The quantitative estimate of drug-likeness (QED) is 0.548. The molecule has 7 heteroatoms. The Kier molecular flexibility index (Phi) is 6.13. The van der Waals surface area contributed by atoms with E-state index in [4.69, 9.17) is 4.74 Å². The molecule has 1 heterocycles. The van der Waals surface area contributed by atoms with Gasteiger partial charge in [-0.3, -0.25) is 4.79 Å². The molecule has 0 atom stereocenters. The summed E-state index contributed by atoms with van der Waals surface area (Å²) in [6.45, 7) is 1.77. The first-order valence-electron chi connectivity index (χ1n) is 10.3. The van der Waals surface area contributed by atoms with Gasteiger partial charge in [-0.2, -0.15) is 0 Å². The third kappa shape index (κ3) is 4.31. The molecule has 1 aliphatic rings. The van der Waals surface area contributed by atoms with Gasteiger partial charge in [0.15, 0.2) is 5.78 Å². The van der Waals surface area contributed by atoms with Gasteiger partial charge in [-0.15, -0.1) is 0 Å². The second-order valence-corrected chi connectivity index (χ2v) is 9.86. The third-order valence-corrected chi connectivity index (χ3v) is 7.63. The van der Waals surface area contributed by atoms with Gasteiger partial charge in [-0.25, -0.2) is 12.8 Å². The van der Waals surface area contributed by atoms with Crippen LogP contribution < -0.4 is 4.74 Å². The number of hydrogen-bond acceptors (Lipinski definition) is 5. The van der Waals surface area contributed by atoms with Crippen LogP contribution in [0.15, 0.2) is 70.5 Å². The average Bonchev–Trinajstić information content (AvgIpc) is 2.99. The second kappa shape index (κ2) is 8.84. The molecule has 0 unspecified atom stereocenters. The lowest BCUT2D eigenvalue weighted by atomic mass is 10.0. The Morgan fingerprint density at radius 3 is 2.00 bits per heavy atom. The van der Waals surface area contributed by atoms with Gasteiger partial charge in [-0.1, -0.05) is 0 Å². The normalized spacial score (nSPS) is 14.5. The van der Waals surface area contributed by atoms with E-state index < -0.39 is 15.7 Å². The number of carbonyl (C=O) groups is 1. The predicted octanol–water partition coefficient (Wildman–Crippen LogP) is 3.93. The summed E-state index contributed by atoms with van der Waals surface area (Å²) in [4.78, 5) is 15.0. The van der Waals surface area contributed by atoms with Gasteiger partial charge in [0.2, 0.25) is 9.84 Å². The van der Waals surface area contributed by atoms with Crippen LogP contribution in [0.1, 0.15) is 27.0 Å². The number of fused-ring (bicyclic) bond motifs is 1. The fourth-order valence-electron chi connectivity index (χ4n) is 3.89. The molecule has 3 aromatic rings. The SMILES string of the molecule is COc1cc2c(cc1S(=O)(=O)c1ccc(C(=O)c3ccc(F)cc3)cc1)CCN(C)CC2. The molecule has 0 saturated carbocycles. The van der Waals surface area contributed by atoms with Crippen LogP contribution >= 0.6 is 0 Å². The number of methoxy groups -OCH3 is 1. The summed E-state index contributed by atoms with van der Waals surface area (Å²) in [7, 11) is -0.335. The Morgan fingerprint density at radius 1 is 0.906 bits per heavy atom. The molecular weight excluding hydrogens is 429 g/mol. The molecule has 0 aliphatic carbocycles. The lowest BCUT2D eigenvalue weighted by Gasteiger charge is -2.14. The van der Waals surface area contributed by atoms with Crippen molar-refractivity contribution in [2.45, 2.75) is 22.6 Å². The van der Waals surface area contributed by atoms with E-state index in [9.17, 15) is 17.6 Å². The summed E-state index contributed by atoms with van der Waals surface area (Å²) in [5.41, 5.74) is 2.77. The summed E-state index contributed by atoms with van der Waals surface area (Å²) >= 11 is 0. The van der Waals surface area contributed by atoms with Crippen LogP contribution in [-0.2, 0) is 22.7 Å². The van der Waals surface area contributed by atoms with Crippen LogP contribution in [0, 0.1) is 5.82 Å². The van der Waals surface area contributed by atoms with Crippen molar-refractivity contribution >= 4 is 15.6 Å². The highest BCUT2D eigenvalue weighted by Gasteiger charge is 2.25. The highest BCUT2D eigenvalue weighted by molar-refractivity contribution is 7.91. The van der Waals surface area contributed by atoms with Gasteiger partial charge in [0.05, 0.1) is 12.0 Å². The van der Waals surface area contributed by atoms with E-state index in [1.807, 2.05) is 6.07 Å². The van der Waals surface area contributed by atoms with Gasteiger partial charge in [0.1, 0.15) is 16.5 Å². The molecule has 0 radical (unpaired) electrons. The van der Waals surface area contributed by atoms with Crippen LogP contribution in [0.5, 0.6) is 5.75 Å². The maximum atomic E-state index is 13.4. The van der Waals surface area contributed by atoms with Crippen LogP contribution in [0.4, 0.5) is 4.39 Å². The molecule has 0 saturated heterocycles. The summed E-state index contributed by atoms with van der Waals surface area (Å²) in [5.74, 6) is -0.412. The van der Waals surface area contributed by atoms with E-state index >= 15 is 0 Å². The van der Waals surface area contributed by atoms with Crippen molar-refractivity contribution < 1.29 is 22.3 Å². The molecular formula is C25H24FNO4S. The number of ether oxygens (including phenoxy) is 1. The maximum absolute atomic E-state index is 13.4. The molecule has 5 nitrogen and oxygen atoms in total. The number of nitrogens with zero attached hydrogens (tertiary/aromatic N) is 1. The highest BCUT2D eigenvalue weighted by Crippen LogP contribution is 2.33. The Labute approximate surface area is 187 Å². The minimum atomic E-state index is -3.85. The molecule has 0 spiro atoms. The Bertz CT molecular complexity index is 1250. The first kappa shape index (κ1) is 22.2. The van der Waals surface area contributed by atoms with E-state index in [0.29, 0.717) is 16.9 Å². The van der Waals surface area contributed by atoms with Crippen molar-refractivity contribution in [3.63, 3.8) is 0 Å². The number of halogens is 1. The van der Waals surface area contributed by atoms with Gasteiger partial charge in [0.25, 0.3) is 0 Å². The summed E-state index contributed by atoms with van der Waals surface area (Å²) in [6, 6.07) is 14.6. The van der Waals surface area contributed by atoms with Crippen LogP contribution in [0.3, 0.4) is 0 Å². The Balaban J connectivity index is 1.68. The molecule has 0 fully saturated rings. The van der Waals surface area contributed by atoms with Crippen LogP contribution in [0.25, 0.3) is 0 Å². The Hall–Kier alpha value is -3.03. The molecule has 0 N–H and O–H groups in total. The summed E-state index contributed by atoms with van der Waals surface area (Å²) in [5, 5.41) is 0. The van der Waals surface area contributed by atoms with Crippen LogP contribution in [0.2, 0.25) is 0 Å². The number of benzene rings is 3. The lowest BCUT2D eigenvalue weighted by molar-refractivity contribution is 0.103. The van der Waals surface area contributed by atoms with Crippen molar-refractivity contribution in [3.8, 4) is 5.75 Å². The monoisotopic (exact) mass is 453 g/mol. The molecule has 0 aromatic heterocycles. The number of carbonyl (C=O) groups excluding carboxylic acids is 1. The molecule has 0 bridgehead atoms. The topological polar surface area (TPSA) is 63.7 Å². The van der Waals surface area contributed by atoms with Crippen molar-refractivity contribution in [3.05, 3.63) is 88.7 Å². The number of likely N-dealkylation sites (N-methyl/N-ethyl adjacent to an activating group) is 1. The standard InChI is InChI=1S/C25H24FNO4S/c1-27-13-11-19-15-23(31-2)24(16-20(19)12-14-27)32(29,30)22-9-5-18(6-10-22)25(28)17-3-7-21(26)8-4-17/h3-10,15-16H,11-14H2,1-2H3. The molecule has 1 aliphatic heterocycles. The van der Waals surface area contributed by atoms with Gasteiger partial charge >= 0.3 is 0 Å². The van der Waals surface area contributed by atoms with Crippen LogP contribution in [-0.4, -0.2) is 46.3 Å². The lowest BCUT2D eigenvalue weighted by Crippen LogP contribution is -2.20. The van der Waals surface area contributed by atoms with Gasteiger partial charge in [0, 0.05) is 24.2 Å². The predicted molar refractivity (Wildman–Crippen MR) is 120 cm³/mol. The average molecular weight is 454 g/mol. The molecule has 166 valence electrons. The minimum Gasteiger partial charge on any atom is -0.495 e. The van der Waals surface area contributed by atoms with E-state index in [-0.39, 0.29) is 15.6 Å². The second-order valence-electron chi connectivity index (χ2n) is 7.94. The minimum absolute atomic E-state index is 0.0807. The Morgan fingerprint density at radius 2 is 1.44 bits per heavy atom. The van der Waals surface area contributed by atoms with Crippen molar-refractivity contribution in [1.82, 2.24) is 4.90 Å². The fraction of sp³-hybridized carbons (Fsp3) is 0.240.